The van der Waals surface area contributed by atoms with Crippen LogP contribution < -0.4 is 5.32 Å². The van der Waals surface area contributed by atoms with Crippen LogP contribution in [-0.2, 0) is 16.0 Å². The zero-order valence-electron chi connectivity index (χ0n) is 23.2. The van der Waals surface area contributed by atoms with E-state index < -0.39 is 8.07 Å². The summed E-state index contributed by atoms with van der Waals surface area (Å²) in [4.78, 5) is 32.1. The number of carbonyl (C=O) groups excluding carboxylic acids is 2. The maximum Gasteiger partial charge on any atom is 0.298 e. The number of nitrogens with one attached hydrogen (secondary N) is 2. The molecule has 2 N–H and O–H groups in total. The summed E-state index contributed by atoms with van der Waals surface area (Å²) in [5, 5.41) is 4.08. The van der Waals surface area contributed by atoms with Crippen molar-refractivity contribution in [3.63, 3.8) is 0 Å². The minimum absolute atomic E-state index is 0.0483. The van der Waals surface area contributed by atoms with E-state index in [1.54, 1.807) is 7.11 Å². The van der Waals surface area contributed by atoms with Gasteiger partial charge in [0.25, 0.3) is 11.8 Å². The lowest BCUT2D eigenvalue weighted by molar-refractivity contribution is -0.130. The summed E-state index contributed by atoms with van der Waals surface area (Å²) in [5.41, 5.74) is 8.23. The number of nitrogens with zero attached hydrogens (tertiary/aromatic N) is 1. The molecule has 38 heavy (non-hydrogen) atoms. The summed E-state index contributed by atoms with van der Waals surface area (Å²) < 4.78 is 5.03. The monoisotopic (exact) mass is 529 g/mol. The molecule has 7 heteroatoms. The number of fused-ring (bicyclic) bond motifs is 3. The molecule has 0 spiro atoms. The predicted octanol–water partition coefficient (Wildman–Crippen LogP) is 5.46. The van der Waals surface area contributed by atoms with Gasteiger partial charge >= 0.3 is 0 Å². The number of hydrogen-bond donors (Lipinski definition) is 2. The number of amides is 2. The number of aromatic amines is 1. The number of para-hydroxylation sites is 1. The Bertz CT molecular complexity index is 1340. The molecular weight excluding hydrogens is 490 g/mol. The predicted molar refractivity (Wildman–Crippen MR) is 156 cm³/mol. The van der Waals surface area contributed by atoms with Crippen molar-refractivity contribution in [3.8, 4) is 11.5 Å². The number of rotatable bonds is 8. The van der Waals surface area contributed by atoms with Gasteiger partial charge in [-0.15, -0.1) is 5.54 Å². The third-order valence-corrected chi connectivity index (χ3v) is 7.86. The van der Waals surface area contributed by atoms with Crippen LogP contribution in [0.15, 0.2) is 48.5 Å². The average Bonchev–Trinajstić information content (AvgIpc) is 3.27. The van der Waals surface area contributed by atoms with Crippen LogP contribution in [-0.4, -0.2) is 56.1 Å². The number of hydrogen-bond acceptors (Lipinski definition) is 3. The second-order valence-electron chi connectivity index (χ2n) is 11.0. The van der Waals surface area contributed by atoms with Crippen molar-refractivity contribution in [1.82, 2.24) is 15.2 Å². The minimum atomic E-state index is -1.73. The van der Waals surface area contributed by atoms with E-state index in [2.05, 4.69) is 66.5 Å². The molecule has 1 aliphatic heterocycles. The number of H-pyrrole nitrogens is 1. The fourth-order valence-corrected chi connectivity index (χ4v) is 5.62. The van der Waals surface area contributed by atoms with Crippen LogP contribution in [0.25, 0.3) is 10.9 Å². The molecule has 2 heterocycles. The topological polar surface area (TPSA) is 74.4 Å². The zero-order chi connectivity index (χ0) is 27.3. The summed E-state index contributed by atoms with van der Waals surface area (Å²) in [6, 6.07) is 15.7. The number of ether oxygens (including phenoxy) is 1. The molecule has 0 saturated heterocycles. The van der Waals surface area contributed by atoms with Gasteiger partial charge in [-0.2, -0.15) is 0 Å². The quantitative estimate of drug-likeness (QED) is 0.231. The van der Waals surface area contributed by atoms with Crippen LogP contribution in [0.2, 0.25) is 19.6 Å². The summed E-state index contributed by atoms with van der Waals surface area (Å²) in [6.07, 6.45) is 3.83. The Morgan fingerprint density at radius 3 is 2.55 bits per heavy atom. The molecule has 0 saturated carbocycles. The Morgan fingerprint density at radius 1 is 1.13 bits per heavy atom. The normalized spacial score (nSPS) is 17.0. The first-order chi connectivity index (χ1) is 18.2. The largest absolute Gasteiger partial charge is 0.383 e. The molecular formula is C31H39N3O3Si. The molecule has 2 aromatic carbocycles. The first kappa shape index (κ1) is 27.7. The highest BCUT2D eigenvalue weighted by molar-refractivity contribution is 6.84. The van der Waals surface area contributed by atoms with E-state index in [1.807, 2.05) is 35.2 Å². The second-order valence-corrected chi connectivity index (χ2v) is 15.8. The zero-order valence-corrected chi connectivity index (χ0v) is 24.2. The number of unbranched alkanes of at least 4 members (excludes halogenated alkanes) is 1. The van der Waals surface area contributed by atoms with Crippen molar-refractivity contribution in [3.05, 3.63) is 70.9 Å². The maximum atomic E-state index is 13.8. The van der Waals surface area contributed by atoms with Crippen LogP contribution >= 0.6 is 0 Å². The lowest BCUT2D eigenvalue weighted by atomic mass is 9.86. The van der Waals surface area contributed by atoms with Crippen molar-refractivity contribution in [2.45, 2.75) is 64.3 Å². The van der Waals surface area contributed by atoms with Crippen LogP contribution in [0.5, 0.6) is 0 Å². The fourth-order valence-electron chi connectivity index (χ4n) is 5.14. The smallest absolute Gasteiger partial charge is 0.298 e. The molecule has 0 bridgehead atoms. The molecule has 200 valence electrons. The standard InChI is InChI=1S/C31H39N3O3Si/c1-6-7-10-24-21-26-25-11-8-9-12-27(25)33-29(26)30(34(24)28(35)17-20-38(3,4)5)22-13-15-23(16-14-22)31(36)32-18-19-37-2/h8-9,11-16,24,30,33H,6-7,10,18-19,21H2,1-5H3,(H,32,36)/t24-,30-/m0/s1. The first-order valence-corrected chi connectivity index (χ1v) is 17.1. The number of methoxy groups -OCH3 is 1. The summed E-state index contributed by atoms with van der Waals surface area (Å²) >= 11 is 0. The highest BCUT2D eigenvalue weighted by atomic mass is 28.3. The number of benzene rings is 2. The van der Waals surface area contributed by atoms with Gasteiger partial charge in [0.05, 0.1) is 12.6 Å². The van der Waals surface area contributed by atoms with Crippen LogP contribution in [0.3, 0.4) is 0 Å². The SMILES string of the molecule is CCCC[C@H]1Cc2c([nH]c3ccccc23)[C@H](c2ccc(C(=O)NCCOC)cc2)N1C(=O)C#C[Si](C)(C)C. The van der Waals surface area contributed by atoms with Crippen LogP contribution in [0.4, 0.5) is 0 Å². The van der Waals surface area contributed by atoms with E-state index in [4.69, 9.17) is 4.74 Å². The average molecular weight is 530 g/mol. The van der Waals surface area contributed by atoms with Gasteiger partial charge in [-0.3, -0.25) is 9.59 Å². The van der Waals surface area contributed by atoms with Gasteiger partial charge in [0.15, 0.2) is 0 Å². The molecule has 0 aliphatic carbocycles. The molecule has 1 aliphatic rings. The molecule has 1 aromatic heterocycles. The third-order valence-electron chi connectivity index (χ3n) is 6.98. The number of carbonyl (C=O) groups is 2. The Kier molecular flexibility index (Phi) is 8.75. The van der Waals surface area contributed by atoms with E-state index >= 15 is 0 Å². The van der Waals surface area contributed by atoms with Crippen molar-refractivity contribution in [1.29, 1.82) is 0 Å². The maximum absolute atomic E-state index is 13.8. The van der Waals surface area contributed by atoms with Gasteiger partial charge in [-0.1, -0.05) is 69.7 Å². The highest BCUT2D eigenvalue weighted by Gasteiger charge is 2.39. The first-order valence-electron chi connectivity index (χ1n) is 13.6. The molecule has 0 fully saturated rings. The fraction of sp³-hybridized carbons (Fsp3) is 0.419. The summed E-state index contributed by atoms with van der Waals surface area (Å²) in [5.74, 6) is 2.77. The summed E-state index contributed by atoms with van der Waals surface area (Å²) in [7, 11) is -0.125. The van der Waals surface area contributed by atoms with Crippen molar-refractivity contribution < 1.29 is 14.3 Å². The van der Waals surface area contributed by atoms with E-state index in [0.717, 1.165) is 42.5 Å². The van der Waals surface area contributed by atoms with Gasteiger partial charge < -0.3 is 19.9 Å². The molecule has 2 atom stereocenters. The van der Waals surface area contributed by atoms with E-state index in [0.29, 0.717) is 18.7 Å². The molecule has 0 unspecified atom stereocenters. The lowest BCUT2D eigenvalue weighted by Crippen LogP contribution is -2.47. The Hall–Kier alpha value is -3.34. The van der Waals surface area contributed by atoms with Gasteiger partial charge in [-0.05, 0) is 48.1 Å². The second kappa shape index (κ2) is 12.0. The van der Waals surface area contributed by atoms with Crippen LogP contribution in [0, 0.1) is 11.5 Å². The molecule has 3 aromatic rings. The Labute approximate surface area is 227 Å². The molecule has 4 rings (SSSR count). The van der Waals surface area contributed by atoms with Gasteiger partial charge in [0.2, 0.25) is 0 Å². The minimum Gasteiger partial charge on any atom is -0.383 e. The molecule has 2 amide bonds. The van der Waals surface area contributed by atoms with Crippen molar-refractivity contribution in [2.24, 2.45) is 0 Å². The van der Waals surface area contributed by atoms with Crippen LogP contribution in [0.1, 0.15) is 59.4 Å². The number of aromatic nitrogens is 1. The van der Waals surface area contributed by atoms with Gasteiger partial charge in [-0.25, -0.2) is 0 Å². The Balaban J connectivity index is 1.80. The summed E-state index contributed by atoms with van der Waals surface area (Å²) in [6.45, 7) is 9.56. The van der Waals surface area contributed by atoms with Gasteiger partial charge in [0.1, 0.15) is 8.07 Å². The molecule has 0 radical (unpaired) electrons. The van der Waals surface area contributed by atoms with E-state index in [9.17, 15) is 9.59 Å². The lowest BCUT2D eigenvalue weighted by Gasteiger charge is -2.41. The van der Waals surface area contributed by atoms with Crippen molar-refractivity contribution in [2.75, 3.05) is 20.3 Å². The third kappa shape index (κ3) is 6.20. The Morgan fingerprint density at radius 2 is 1.87 bits per heavy atom. The molecule has 6 nitrogen and oxygen atoms in total. The van der Waals surface area contributed by atoms with E-state index in [-0.39, 0.29) is 23.9 Å². The van der Waals surface area contributed by atoms with Crippen molar-refractivity contribution >= 4 is 30.8 Å². The van der Waals surface area contributed by atoms with Gasteiger partial charge in [0, 0.05) is 41.9 Å². The highest BCUT2D eigenvalue weighted by Crippen LogP contribution is 2.42. The van der Waals surface area contributed by atoms with E-state index in [1.165, 1.54) is 10.9 Å².